The number of rotatable bonds is 1. The van der Waals surface area contributed by atoms with Crippen LogP contribution in [0.2, 0.25) is 0 Å². The van der Waals surface area contributed by atoms with E-state index in [4.69, 9.17) is 10.2 Å². The van der Waals surface area contributed by atoms with Crippen molar-refractivity contribution in [2.24, 2.45) is 0 Å². The van der Waals surface area contributed by atoms with Crippen LogP contribution in [0.5, 0.6) is 0 Å². The van der Waals surface area contributed by atoms with Crippen molar-refractivity contribution in [2.75, 3.05) is 0 Å². The molecular formula is C8H6F3N3O2. The number of halogens is 3. The molecule has 0 atom stereocenters. The summed E-state index contributed by atoms with van der Waals surface area (Å²) < 4.78 is 38.0. The highest BCUT2D eigenvalue weighted by Crippen LogP contribution is 2.29. The van der Waals surface area contributed by atoms with Gasteiger partial charge in [0.2, 0.25) is 6.29 Å². The molecule has 2 aromatic heterocycles. The third kappa shape index (κ3) is 1.72. The van der Waals surface area contributed by atoms with Gasteiger partial charge in [-0.15, -0.1) is 10.2 Å². The van der Waals surface area contributed by atoms with Crippen LogP contribution in [0.3, 0.4) is 0 Å². The maximum atomic E-state index is 12.4. The van der Waals surface area contributed by atoms with Crippen LogP contribution >= 0.6 is 0 Å². The van der Waals surface area contributed by atoms with Crippen molar-refractivity contribution < 1.29 is 23.4 Å². The largest absolute Gasteiger partial charge is 0.417 e. The van der Waals surface area contributed by atoms with Gasteiger partial charge in [0.05, 0.1) is 5.56 Å². The topological polar surface area (TPSA) is 70.7 Å². The van der Waals surface area contributed by atoms with Gasteiger partial charge in [0, 0.05) is 6.20 Å². The number of fused-ring (bicyclic) bond motifs is 1. The second-order valence-corrected chi connectivity index (χ2v) is 3.08. The van der Waals surface area contributed by atoms with E-state index < -0.39 is 18.0 Å². The molecule has 2 N–H and O–H groups in total. The Morgan fingerprint density at radius 2 is 1.88 bits per heavy atom. The summed E-state index contributed by atoms with van der Waals surface area (Å²) in [5, 5.41) is 24.6. The van der Waals surface area contributed by atoms with Gasteiger partial charge in [0.25, 0.3) is 0 Å². The van der Waals surface area contributed by atoms with Gasteiger partial charge in [0.15, 0.2) is 11.5 Å². The number of aliphatic hydroxyl groups excluding tert-OH is 1. The number of alkyl halides is 3. The summed E-state index contributed by atoms with van der Waals surface area (Å²) in [6.45, 7) is 0. The molecular weight excluding hydrogens is 227 g/mol. The van der Waals surface area contributed by atoms with Crippen molar-refractivity contribution in [3.63, 3.8) is 0 Å². The molecule has 2 aromatic rings. The molecule has 0 fully saturated rings. The fourth-order valence-electron chi connectivity index (χ4n) is 1.25. The van der Waals surface area contributed by atoms with Crippen LogP contribution in [-0.2, 0) is 6.18 Å². The molecule has 0 amide bonds. The zero-order valence-corrected chi connectivity index (χ0v) is 7.68. The van der Waals surface area contributed by atoms with Crippen molar-refractivity contribution in [3.05, 3.63) is 29.7 Å². The Morgan fingerprint density at radius 1 is 1.19 bits per heavy atom. The zero-order chi connectivity index (χ0) is 11.9. The Hall–Kier alpha value is -1.67. The first kappa shape index (κ1) is 10.8. The Kier molecular flexibility index (Phi) is 2.32. The van der Waals surface area contributed by atoms with E-state index in [1.165, 1.54) is 0 Å². The normalized spacial score (nSPS) is 12.6. The molecule has 0 aliphatic rings. The first-order valence-electron chi connectivity index (χ1n) is 4.17. The van der Waals surface area contributed by atoms with Gasteiger partial charge in [-0.1, -0.05) is 0 Å². The van der Waals surface area contributed by atoms with Crippen molar-refractivity contribution >= 4 is 5.65 Å². The lowest BCUT2D eigenvalue weighted by atomic mass is 10.3. The molecule has 86 valence electrons. The highest BCUT2D eigenvalue weighted by molar-refractivity contribution is 5.40. The van der Waals surface area contributed by atoms with Crippen molar-refractivity contribution in [2.45, 2.75) is 12.5 Å². The Labute approximate surface area is 86.8 Å². The monoisotopic (exact) mass is 233 g/mol. The quantitative estimate of drug-likeness (QED) is 0.712. The van der Waals surface area contributed by atoms with Gasteiger partial charge in [-0.05, 0) is 12.1 Å². The molecule has 0 radical (unpaired) electrons. The summed E-state index contributed by atoms with van der Waals surface area (Å²) in [7, 11) is 0. The summed E-state index contributed by atoms with van der Waals surface area (Å²) in [5.41, 5.74) is -0.808. The molecule has 2 heterocycles. The van der Waals surface area contributed by atoms with E-state index in [0.29, 0.717) is 6.20 Å². The molecule has 16 heavy (non-hydrogen) atoms. The minimum absolute atomic E-state index is 0.108. The van der Waals surface area contributed by atoms with E-state index in [2.05, 4.69) is 10.2 Å². The minimum Gasteiger partial charge on any atom is -0.362 e. The van der Waals surface area contributed by atoms with E-state index >= 15 is 0 Å². The van der Waals surface area contributed by atoms with Crippen LogP contribution in [0.15, 0.2) is 18.3 Å². The first-order chi connectivity index (χ1) is 7.39. The van der Waals surface area contributed by atoms with Gasteiger partial charge < -0.3 is 10.2 Å². The SMILES string of the molecule is OC(O)c1nnc2ccc(C(F)(F)F)cn12. The van der Waals surface area contributed by atoms with Gasteiger partial charge in [0.1, 0.15) is 0 Å². The number of hydrogen-bond donors (Lipinski definition) is 2. The van der Waals surface area contributed by atoms with Gasteiger partial charge in [-0.2, -0.15) is 13.2 Å². The average Bonchev–Trinajstić information content (AvgIpc) is 2.58. The fourth-order valence-corrected chi connectivity index (χ4v) is 1.25. The second-order valence-electron chi connectivity index (χ2n) is 3.08. The lowest BCUT2D eigenvalue weighted by Crippen LogP contribution is -2.08. The van der Waals surface area contributed by atoms with Gasteiger partial charge >= 0.3 is 6.18 Å². The third-order valence-electron chi connectivity index (χ3n) is 1.99. The zero-order valence-electron chi connectivity index (χ0n) is 7.68. The molecule has 0 saturated heterocycles. The van der Waals surface area contributed by atoms with Crippen molar-refractivity contribution in [1.29, 1.82) is 0 Å². The smallest absolute Gasteiger partial charge is 0.362 e. The van der Waals surface area contributed by atoms with E-state index in [-0.39, 0.29) is 11.5 Å². The lowest BCUT2D eigenvalue weighted by molar-refractivity contribution is -0.138. The highest BCUT2D eigenvalue weighted by atomic mass is 19.4. The molecule has 5 nitrogen and oxygen atoms in total. The van der Waals surface area contributed by atoms with Crippen LogP contribution in [-0.4, -0.2) is 24.8 Å². The maximum absolute atomic E-state index is 12.4. The minimum atomic E-state index is -4.50. The number of aromatic nitrogens is 3. The molecule has 0 aliphatic heterocycles. The molecule has 0 aromatic carbocycles. The second kappa shape index (κ2) is 3.42. The number of pyridine rings is 1. The summed E-state index contributed by atoms with van der Waals surface area (Å²) in [6, 6.07) is 1.94. The third-order valence-corrected chi connectivity index (χ3v) is 1.99. The highest BCUT2D eigenvalue weighted by Gasteiger charge is 2.31. The molecule has 0 saturated carbocycles. The number of aliphatic hydroxyl groups is 2. The predicted octanol–water partition coefficient (Wildman–Crippen LogP) is 0.731. The summed E-state index contributed by atoms with van der Waals surface area (Å²) >= 11 is 0. The summed E-state index contributed by atoms with van der Waals surface area (Å²) in [6.07, 6.45) is -5.77. The van der Waals surface area contributed by atoms with E-state index in [9.17, 15) is 13.2 Å². The van der Waals surface area contributed by atoms with Crippen LogP contribution in [0.1, 0.15) is 17.7 Å². The lowest BCUT2D eigenvalue weighted by Gasteiger charge is -2.07. The van der Waals surface area contributed by atoms with Crippen LogP contribution in [0, 0.1) is 0 Å². The van der Waals surface area contributed by atoms with Crippen molar-refractivity contribution in [1.82, 2.24) is 14.6 Å². The molecule has 2 rings (SSSR count). The molecule has 0 spiro atoms. The molecule has 0 aliphatic carbocycles. The summed E-state index contributed by atoms with van der Waals surface area (Å²) in [4.78, 5) is 0. The molecule has 0 unspecified atom stereocenters. The fraction of sp³-hybridized carbons (Fsp3) is 0.250. The van der Waals surface area contributed by atoms with Crippen LogP contribution < -0.4 is 0 Å². The van der Waals surface area contributed by atoms with E-state index in [1.54, 1.807) is 0 Å². The molecule has 8 heteroatoms. The number of hydrogen-bond acceptors (Lipinski definition) is 4. The molecule has 0 bridgehead atoms. The number of nitrogens with zero attached hydrogens (tertiary/aromatic N) is 3. The van der Waals surface area contributed by atoms with Crippen molar-refractivity contribution in [3.8, 4) is 0 Å². The maximum Gasteiger partial charge on any atom is 0.417 e. The van der Waals surface area contributed by atoms with E-state index in [0.717, 1.165) is 16.5 Å². The van der Waals surface area contributed by atoms with Crippen LogP contribution in [0.25, 0.3) is 5.65 Å². The first-order valence-corrected chi connectivity index (χ1v) is 4.17. The Bertz CT molecular complexity index is 521. The summed E-state index contributed by atoms with van der Waals surface area (Å²) in [5.74, 6) is -0.360. The standard InChI is InChI=1S/C8H6F3N3O2/c9-8(10,11)4-1-2-5-12-13-6(7(15)16)14(5)3-4/h1-3,7,15-16H. The van der Waals surface area contributed by atoms with Crippen LogP contribution in [0.4, 0.5) is 13.2 Å². The Morgan fingerprint density at radius 3 is 2.44 bits per heavy atom. The van der Waals surface area contributed by atoms with Gasteiger partial charge in [-0.25, -0.2) is 0 Å². The predicted molar refractivity (Wildman–Crippen MR) is 45.2 cm³/mol. The Balaban J connectivity index is 2.63. The average molecular weight is 233 g/mol. The van der Waals surface area contributed by atoms with E-state index in [1.807, 2.05) is 0 Å². The van der Waals surface area contributed by atoms with Gasteiger partial charge in [-0.3, -0.25) is 4.40 Å².